The molecule has 4 N–H and O–H groups in total. The lowest BCUT2D eigenvalue weighted by molar-refractivity contribution is -0.384. The Morgan fingerprint density at radius 1 is 1.03 bits per heavy atom. The summed E-state index contributed by atoms with van der Waals surface area (Å²) in [4.78, 5) is 19.9. The molecule has 1 aliphatic rings. The predicted molar refractivity (Wildman–Crippen MR) is 130 cm³/mol. The largest absolute Gasteiger partial charge is 0.364 e. The number of nitrogens with zero attached hydrogens (tertiary/aromatic N) is 3. The van der Waals surface area contributed by atoms with Crippen molar-refractivity contribution in [2.75, 3.05) is 17.2 Å². The first kappa shape index (κ1) is 22.7. The van der Waals surface area contributed by atoms with E-state index in [1.54, 1.807) is 0 Å². The molecule has 1 aromatic heterocycles. The zero-order valence-corrected chi connectivity index (χ0v) is 18.6. The number of nitrogens with two attached hydrogens (primary N) is 1. The minimum Gasteiger partial charge on any atom is -0.364 e. The van der Waals surface area contributed by atoms with Crippen LogP contribution < -0.4 is 16.4 Å². The molecule has 1 aliphatic carbocycles. The van der Waals surface area contributed by atoms with Gasteiger partial charge in [0.25, 0.3) is 0 Å². The lowest BCUT2D eigenvalue weighted by Gasteiger charge is -2.26. The van der Waals surface area contributed by atoms with Crippen LogP contribution in [0, 0.1) is 16.0 Å². The van der Waals surface area contributed by atoms with E-state index < -0.39 is 4.92 Å². The Morgan fingerprint density at radius 2 is 1.70 bits per heavy atom. The van der Waals surface area contributed by atoms with Crippen molar-refractivity contribution in [1.29, 1.82) is 0 Å². The number of nitro groups is 1. The van der Waals surface area contributed by atoms with E-state index in [0.717, 1.165) is 37.7 Å². The number of benzene rings is 2. The van der Waals surface area contributed by atoms with Gasteiger partial charge in [-0.05, 0) is 49.1 Å². The van der Waals surface area contributed by atoms with Gasteiger partial charge in [-0.3, -0.25) is 10.1 Å². The van der Waals surface area contributed by atoms with Gasteiger partial charge in [0.1, 0.15) is 6.20 Å². The second-order valence-corrected chi connectivity index (χ2v) is 8.64. The summed E-state index contributed by atoms with van der Waals surface area (Å²) in [7, 11) is 0. The maximum absolute atomic E-state index is 11.6. The van der Waals surface area contributed by atoms with Crippen LogP contribution in [0.2, 0.25) is 0 Å². The van der Waals surface area contributed by atoms with Gasteiger partial charge in [-0.15, -0.1) is 0 Å². The van der Waals surface area contributed by atoms with Gasteiger partial charge in [0.2, 0.25) is 11.8 Å². The molecule has 0 saturated heterocycles. The molecule has 0 radical (unpaired) electrons. The monoisotopic (exact) mass is 446 g/mol. The molecule has 172 valence electrons. The quantitative estimate of drug-likeness (QED) is 0.322. The molecule has 2 aromatic carbocycles. The second kappa shape index (κ2) is 10.9. The van der Waals surface area contributed by atoms with E-state index in [1.165, 1.54) is 11.8 Å². The van der Waals surface area contributed by atoms with Crippen LogP contribution in [0.25, 0.3) is 0 Å². The molecule has 33 heavy (non-hydrogen) atoms. The summed E-state index contributed by atoms with van der Waals surface area (Å²) in [5, 5.41) is 18.2. The van der Waals surface area contributed by atoms with Gasteiger partial charge in [0, 0.05) is 12.6 Å². The van der Waals surface area contributed by atoms with Crippen molar-refractivity contribution in [3.05, 3.63) is 88.1 Å². The van der Waals surface area contributed by atoms with Crippen LogP contribution in [0.5, 0.6) is 0 Å². The SMILES string of the molecule is N[C@H]1CC[C@H](CNc2nc(NC(Cc3ccccc3)c3ccccc3)ncc2[N+](=O)[O-])CC1. The standard InChI is InChI=1S/C25H30N6O2/c26-21-13-11-19(12-14-21)16-27-24-23(31(32)33)17-28-25(30-24)29-22(20-9-5-2-6-10-20)15-18-7-3-1-4-8-18/h1-10,17,19,21-22H,11-16,26H2,(H2,27,28,29,30)/t19-,21-,22?. The highest BCUT2D eigenvalue weighted by molar-refractivity contribution is 5.57. The van der Waals surface area contributed by atoms with Crippen LogP contribution in [0.4, 0.5) is 17.5 Å². The topological polar surface area (TPSA) is 119 Å². The van der Waals surface area contributed by atoms with E-state index in [2.05, 4.69) is 44.9 Å². The zero-order valence-electron chi connectivity index (χ0n) is 18.6. The average Bonchev–Trinajstić information content (AvgIpc) is 2.84. The number of nitrogens with one attached hydrogen (secondary N) is 2. The molecule has 3 aromatic rings. The first-order valence-corrected chi connectivity index (χ1v) is 11.4. The fourth-order valence-electron chi connectivity index (χ4n) is 4.29. The van der Waals surface area contributed by atoms with Crippen molar-refractivity contribution in [3.63, 3.8) is 0 Å². The fraction of sp³-hybridized carbons (Fsp3) is 0.360. The highest BCUT2D eigenvalue weighted by atomic mass is 16.6. The molecule has 4 rings (SSSR count). The van der Waals surface area contributed by atoms with E-state index in [0.29, 0.717) is 18.4 Å². The molecule has 0 spiro atoms. The van der Waals surface area contributed by atoms with Crippen LogP contribution in [-0.4, -0.2) is 27.5 Å². The van der Waals surface area contributed by atoms with Crippen LogP contribution in [0.15, 0.2) is 66.9 Å². The van der Waals surface area contributed by atoms with Gasteiger partial charge in [0.15, 0.2) is 0 Å². The second-order valence-electron chi connectivity index (χ2n) is 8.64. The van der Waals surface area contributed by atoms with Crippen molar-refractivity contribution in [3.8, 4) is 0 Å². The van der Waals surface area contributed by atoms with Gasteiger partial charge < -0.3 is 16.4 Å². The minimum absolute atomic E-state index is 0.0808. The highest BCUT2D eigenvalue weighted by Gasteiger charge is 2.23. The van der Waals surface area contributed by atoms with Gasteiger partial charge in [0.05, 0.1) is 11.0 Å². The molecule has 1 saturated carbocycles. The molecule has 1 atom stereocenters. The van der Waals surface area contributed by atoms with Gasteiger partial charge >= 0.3 is 5.69 Å². The minimum atomic E-state index is -0.443. The first-order chi connectivity index (χ1) is 16.1. The van der Waals surface area contributed by atoms with Crippen molar-refractivity contribution in [2.24, 2.45) is 11.7 Å². The molecule has 1 fully saturated rings. The molecular weight excluding hydrogens is 416 g/mol. The van der Waals surface area contributed by atoms with E-state index in [4.69, 9.17) is 5.73 Å². The third-order valence-electron chi connectivity index (χ3n) is 6.20. The Hall–Kier alpha value is -3.52. The Morgan fingerprint density at radius 3 is 2.36 bits per heavy atom. The fourth-order valence-corrected chi connectivity index (χ4v) is 4.29. The van der Waals surface area contributed by atoms with Crippen molar-refractivity contribution in [1.82, 2.24) is 9.97 Å². The summed E-state index contributed by atoms with van der Waals surface area (Å²) in [6.07, 6.45) is 6.03. The summed E-state index contributed by atoms with van der Waals surface area (Å²) in [6, 6.07) is 20.4. The van der Waals surface area contributed by atoms with E-state index in [1.807, 2.05) is 36.4 Å². The maximum atomic E-state index is 11.6. The van der Waals surface area contributed by atoms with Crippen molar-refractivity contribution < 1.29 is 4.92 Å². The number of aromatic nitrogens is 2. The van der Waals surface area contributed by atoms with Gasteiger partial charge in [-0.2, -0.15) is 4.98 Å². The van der Waals surface area contributed by atoms with Gasteiger partial charge in [-0.25, -0.2) is 4.98 Å². The molecule has 0 bridgehead atoms. The van der Waals surface area contributed by atoms with Crippen LogP contribution in [0.1, 0.15) is 42.9 Å². The van der Waals surface area contributed by atoms with Crippen molar-refractivity contribution in [2.45, 2.75) is 44.2 Å². The summed E-state index contributed by atoms with van der Waals surface area (Å²) in [5.41, 5.74) is 8.15. The zero-order chi connectivity index (χ0) is 23.0. The number of anilines is 2. The Bertz CT molecular complexity index is 1040. The third kappa shape index (κ3) is 6.26. The lowest BCUT2D eigenvalue weighted by Crippen LogP contribution is -2.29. The molecule has 1 unspecified atom stereocenters. The Balaban J connectivity index is 1.53. The third-order valence-corrected chi connectivity index (χ3v) is 6.20. The highest BCUT2D eigenvalue weighted by Crippen LogP contribution is 2.28. The van der Waals surface area contributed by atoms with Crippen LogP contribution in [0.3, 0.4) is 0 Å². The van der Waals surface area contributed by atoms with Crippen LogP contribution >= 0.6 is 0 Å². The Labute approximate surface area is 193 Å². The van der Waals surface area contributed by atoms with E-state index in [-0.39, 0.29) is 23.6 Å². The predicted octanol–water partition coefficient (Wildman–Crippen LogP) is 4.71. The normalized spacial score (nSPS) is 18.9. The smallest absolute Gasteiger partial charge is 0.329 e. The average molecular weight is 447 g/mol. The van der Waals surface area contributed by atoms with E-state index >= 15 is 0 Å². The molecule has 8 heteroatoms. The molecule has 8 nitrogen and oxygen atoms in total. The summed E-state index contributed by atoms with van der Waals surface area (Å²) >= 11 is 0. The molecule has 1 heterocycles. The van der Waals surface area contributed by atoms with E-state index in [9.17, 15) is 10.1 Å². The summed E-state index contributed by atoms with van der Waals surface area (Å²) < 4.78 is 0. The number of rotatable bonds is 9. The Kier molecular flexibility index (Phi) is 7.47. The van der Waals surface area contributed by atoms with Gasteiger partial charge in [-0.1, -0.05) is 60.7 Å². The maximum Gasteiger partial charge on any atom is 0.329 e. The van der Waals surface area contributed by atoms with Crippen LogP contribution in [-0.2, 0) is 6.42 Å². The number of hydrogen-bond acceptors (Lipinski definition) is 7. The van der Waals surface area contributed by atoms with Crippen molar-refractivity contribution >= 4 is 17.5 Å². The first-order valence-electron chi connectivity index (χ1n) is 11.4. The molecule has 0 amide bonds. The number of hydrogen-bond donors (Lipinski definition) is 3. The molecular formula is C25H30N6O2. The summed E-state index contributed by atoms with van der Waals surface area (Å²) in [6.45, 7) is 0.635. The summed E-state index contributed by atoms with van der Waals surface area (Å²) in [5.74, 6) is 1.04. The lowest BCUT2D eigenvalue weighted by atomic mass is 9.86. The molecule has 0 aliphatic heterocycles.